The minimum Gasteiger partial charge on any atom is -0.237 e. The van der Waals surface area contributed by atoms with Crippen LogP contribution in [0.3, 0.4) is 0 Å². The van der Waals surface area contributed by atoms with Gasteiger partial charge in [0.25, 0.3) is 0 Å². The van der Waals surface area contributed by atoms with E-state index in [1.165, 1.54) is 21.6 Å². The van der Waals surface area contributed by atoms with Gasteiger partial charge in [0.15, 0.2) is 0 Å². The van der Waals surface area contributed by atoms with Gasteiger partial charge in [-0.15, -0.1) is 0 Å². The second-order valence-electron chi connectivity index (χ2n) is 6.15. The lowest BCUT2D eigenvalue weighted by molar-refractivity contribution is -0.692. The fourth-order valence-corrected chi connectivity index (χ4v) is 5.63. The maximum absolute atomic E-state index is 2.28. The number of aromatic nitrogens is 2. The number of nitrogens with zero attached hydrogens (tertiary/aromatic N) is 2. The molecule has 3 aromatic carbocycles. The van der Waals surface area contributed by atoms with Crippen LogP contribution in [0.4, 0.5) is 0 Å². The minimum absolute atomic E-state index is 0.615. The molecule has 0 N–H and O–H groups in total. The lowest BCUT2D eigenvalue weighted by Gasteiger charge is -2.20. The van der Waals surface area contributed by atoms with Gasteiger partial charge in [-0.25, -0.2) is 9.13 Å². The number of benzene rings is 3. The monoisotopic (exact) mass is 357 g/mol. The van der Waals surface area contributed by atoms with Gasteiger partial charge in [0, 0.05) is 5.30 Å². The average Bonchev–Trinajstić information content (AvgIpc) is 3.19. The van der Waals surface area contributed by atoms with Crippen molar-refractivity contribution in [3.8, 4) is 5.69 Å². The number of imidazole rings is 1. The largest absolute Gasteiger partial charge is 0.248 e. The number of rotatable bonds is 5. The van der Waals surface area contributed by atoms with Crippen molar-refractivity contribution in [2.24, 2.45) is 0 Å². The van der Waals surface area contributed by atoms with Crippen LogP contribution in [0, 0.1) is 0 Å². The highest BCUT2D eigenvalue weighted by atomic mass is 31.1. The fraction of sp³-hybridized carbons (Fsp3) is 0.0870. The van der Waals surface area contributed by atoms with Gasteiger partial charge in [0.2, 0.25) is 6.33 Å². The van der Waals surface area contributed by atoms with Gasteiger partial charge in [0.1, 0.15) is 18.1 Å². The molecule has 2 nitrogen and oxygen atoms in total. The second-order valence-corrected chi connectivity index (χ2v) is 8.33. The summed E-state index contributed by atoms with van der Waals surface area (Å²) in [6.45, 7) is 3.14. The van der Waals surface area contributed by atoms with Crippen molar-refractivity contribution in [2.45, 2.75) is 13.5 Å². The Morgan fingerprint density at radius 2 is 1.35 bits per heavy atom. The van der Waals surface area contributed by atoms with E-state index in [9.17, 15) is 0 Å². The van der Waals surface area contributed by atoms with E-state index >= 15 is 0 Å². The molecule has 0 unspecified atom stereocenters. The molecule has 4 aromatic rings. The zero-order valence-corrected chi connectivity index (χ0v) is 15.8. The Morgan fingerprint density at radius 1 is 0.769 bits per heavy atom. The van der Waals surface area contributed by atoms with Crippen LogP contribution in [-0.4, -0.2) is 4.57 Å². The third-order valence-electron chi connectivity index (χ3n) is 4.49. The van der Waals surface area contributed by atoms with E-state index in [1.807, 2.05) is 0 Å². The minimum atomic E-state index is -0.615. The third-order valence-corrected chi connectivity index (χ3v) is 6.98. The van der Waals surface area contributed by atoms with Gasteiger partial charge in [-0.05, 0) is 37.6 Å². The zero-order valence-electron chi connectivity index (χ0n) is 14.9. The molecule has 1 aromatic heterocycles. The molecule has 0 aliphatic heterocycles. The lowest BCUT2D eigenvalue weighted by Crippen LogP contribution is -2.29. The molecule has 0 saturated carbocycles. The average molecular weight is 357 g/mol. The molecule has 1 heterocycles. The van der Waals surface area contributed by atoms with Gasteiger partial charge in [-0.1, -0.05) is 72.8 Å². The highest BCUT2D eigenvalue weighted by Gasteiger charge is 2.22. The van der Waals surface area contributed by atoms with Crippen molar-refractivity contribution in [3.05, 3.63) is 104 Å². The Bertz CT molecular complexity index is 938. The van der Waals surface area contributed by atoms with Gasteiger partial charge >= 0.3 is 0 Å². The molecule has 4 rings (SSSR count). The molecule has 0 fully saturated rings. The van der Waals surface area contributed by atoms with Crippen molar-refractivity contribution in [2.75, 3.05) is 0 Å². The molecule has 0 spiro atoms. The van der Waals surface area contributed by atoms with Crippen LogP contribution in [0.25, 0.3) is 5.69 Å². The van der Waals surface area contributed by atoms with Crippen LogP contribution in [-0.2, 0) is 6.54 Å². The highest BCUT2D eigenvalue weighted by molar-refractivity contribution is 7.80. The molecule has 0 aliphatic carbocycles. The number of hydrogen-bond donors (Lipinski definition) is 0. The highest BCUT2D eigenvalue weighted by Crippen LogP contribution is 2.34. The first kappa shape index (κ1) is 16.8. The van der Waals surface area contributed by atoms with Crippen LogP contribution in [0.15, 0.2) is 104 Å². The quantitative estimate of drug-likeness (QED) is 0.382. The Labute approximate surface area is 156 Å². The molecule has 0 aliphatic rings. The van der Waals surface area contributed by atoms with E-state index in [0.29, 0.717) is 0 Å². The summed E-state index contributed by atoms with van der Waals surface area (Å²) in [6.07, 6.45) is 6.44. The van der Waals surface area contributed by atoms with Crippen LogP contribution >= 0.6 is 7.92 Å². The molecular formula is C23H22N2P+. The summed E-state index contributed by atoms with van der Waals surface area (Å²) in [4.78, 5) is 0. The van der Waals surface area contributed by atoms with Crippen LogP contribution in [0.5, 0.6) is 0 Å². The third kappa shape index (κ3) is 3.34. The standard InChI is InChI=1S/C23H22N2P/c1-2-24-17-18-25(19-24)22-15-9-10-16-23(22)26(20-11-5-3-6-12-20)21-13-7-4-8-14-21/h3-19H,2H2,1H3/q+1. The molecule has 3 heteroatoms. The summed E-state index contributed by atoms with van der Waals surface area (Å²) in [6, 6.07) is 30.5. The van der Waals surface area contributed by atoms with Gasteiger partial charge in [0.05, 0.1) is 6.54 Å². The van der Waals surface area contributed by atoms with E-state index in [1.54, 1.807) is 0 Å². The Balaban J connectivity index is 1.90. The summed E-state index contributed by atoms with van der Waals surface area (Å²) in [5, 5.41) is 4.12. The molecule has 0 bridgehead atoms. The van der Waals surface area contributed by atoms with Crippen molar-refractivity contribution in [3.63, 3.8) is 0 Å². The molecule has 0 amide bonds. The Kier molecular flexibility index (Phi) is 4.95. The predicted molar refractivity (Wildman–Crippen MR) is 110 cm³/mol. The van der Waals surface area contributed by atoms with Crippen LogP contribution < -0.4 is 20.5 Å². The molecule has 0 radical (unpaired) electrons. The number of para-hydroxylation sites is 1. The summed E-state index contributed by atoms with van der Waals surface area (Å²) >= 11 is 0. The summed E-state index contributed by atoms with van der Waals surface area (Å²) in [5.41, 5.74) is 1.25. The van der Waals surface area contributed by atoms with Gasteiger partial charge < -0.3 is 0 Å². The van der Waals surface area contributed by atoms with E-state index < -0.39 is 7.92 Å². The summed E-state index contributed by atoms with van der Waals surface area (Å²) in [5.74, 6) is 0. The molecule has 0 atom stereocenters. The number of aryl methyl sites for hydroxylation is 1. The van der Waals surface area contributed by atoms with Gasteiger partial charge in [-0.2, -0.15) is 0 Å². The van der Waals surface area contributed by atoms with Gasteiger partial charge in [-0.3, -0.25) is 0 Å². The van der Waals surface area contributed by atoms with Crippen LogP contribution in [0.2, 0.25) is 0 Å². The molecular weight excluding hydrogens is 335 g/mol. The molecule has 128 valence electrons. The van der Waals surface area contributed by atoms with E-state index in [4.69, 9.17) is 0 Å². The molecule has 26 heavy (non-hydrogen) atoms. The maximum Gasteiger partial charge on any atom is 0.248 e. The number of hydrogen-bond acceptors (Lipinski definition) is 0. The van der Waals surface area contributed by atoms with Crippen molar-refractivity contribution in [1.29, 1.82) is 0 Å². The predicted octanol–water partition coefficient (Wildman–Crippen LogP) is 3.54. The zero-order chi connectivity index (χ0) is 17.8. The lowest BCUT2D eigenvalue weighted by atomic mass is 10.3. The smallest absolute Gasteiger partial charge is 0.237 e. The van der Waals surface area contributed by atoms with E-state index in [0.717, 1.165) is 6.54 Å². The molecule has 0 saturated heterocycles. The normalized spacial score (nSPS) is 11.0. The maximum atomic E-state index is 2.28. The summed E-state index contributed by atoms with van der Waals surface area (Å²) < 4.78 is 4.43. The van der Waals surface area contributed by atoms with E-state index in [-0.39, 0.29) is 0 Å². The first-order chi connectivity index (χ1) is 12.9. The fourth-order valence-electron chi connectivity index (χ4n) is 3.18. The first-order valence-electron chi connectivity index (χ1n) is 8.93. The Morgan fingerprint density at radius 3 is 1.92 bits per heavy atom. The first-order valence-corrected chi connectivity index (χ1v) is 10.3. The van der Waals surface area contributed by atoms with E-state index in [2.05, 4.69) is 120 Å². The second kappa shape index (κ2) is 7.68. The summed E-state index contributed by atoms with van der Waals surface area (Å²) in [7, 11) is -0.615. The van der Waals surface area contributed by atoms with Crippen molar-refractivity contribution in [1.82, 2.24) is 4.57 Å². The van der Waals surface area contributed by atoms with Crippen molar-refractivity contribution >= 4 is 23.8 Å². The topological polar surface area (TPSA) is 8.81 Å². The van der Waals surface area contributed by atoms with Crippen molar-refractivity contribution < 1.29 is 4.57 Å². The SMILES string of the molecule is CC[n+]1ccn(-c2ccccc2P(c2ccccc2)c2ccccc2)c1. The van der Waals surface area contributed by atoms with Crippen LogP contribution in [0.1, 0.15) is 6.92 Å². The Hall–Kier alpha value is -2.70.